The van der Waals surface area contributed by atoms with Crippen LogP contribution in [-0.2, 0) is 10.0 Å². The van der Waals surface area contributed by atoms with Gasteiger partial charge in [0.2, 0.25) is 0 Å². The molecule has 7 heteroatoms. The molecule has 6 nitrogen and oxygen atoms in total. The Balaban J connectivity index is 1.60. The summed E-state index contributed by atoms with van der Waals surface area (Å²) in [6.07, 6.45) is 0. The molecular formula is C21H16N2O4S. The molecular weight excluding hydrogens is 376 g/mol. The van der Waals surface area contributed by atoms with Crippen LogP contribution in [0.5, 0.6) is 0 Å². The molecule has 1 N–H and O–H groups in total. The van der Waals surface area contributed by atoms with E-state index < -0.39 is 21.8 Å². The average molecular weight is 392 g/mol. The molecule has 2 amide bonds. The Hall–Kier alpha value is -3.45. The summed E-state index contributed by atoms with van der Waals surface area (Å²) in [5.41, 5.74) is 2.58. The van der Waals surface area contributed by atoms with Crippen LogP contribution in [0.15, 0.2) is 77.7 Å². The number of amides is 2. The number of rotatable bonds is 4. The van der Waals surface area contributed by atoms with Gasteiger partial charge in [-0.15, -0.1) is 0 Å². The van der Waals surface area contributed by atoms with Gasteiger partial charge < -0.3 is 0 Å². The fourth-order valence-corrected chi connectivity index (χ4v) is 4.15. The summed E-state index contributed by atoms with van der Waals surface area (Å²) in [6.45, 7) is 0. The van der Waals surface area contributed by atoms with Gasteiger partial charge in [-0.1, -0.05) is 42.5 Å². The van der Waals surface area contributed by atoms with Crippen molar-refractivity contribution in [1.82, 2.24) is 4.90 Å². The number of nitrogens with one attached hydrogen (secondary N) is 1. The Kier molecular flexibility index (Phi) is 4.24. The third kappa shape index (κ3) is 3.05. The molecule has 3 aromatic rings. The third-order valence-electron chi connectivity index (χ3n) is 4.61. The maximum atomic E-state index is 12.7. The van der Waals surface area contributed by atoms with Crippen molar-refractivity contribution in [2.45, 2.75) is 4.90 Å². The second kappa shape index (κ2) is 6.61. The quantitative estimate of drug-likeness (QED) is 0.690. The van der Waals surface area contributed by atoms with Crippen molar-refractivity contribution in [2.75, 3.05) is 11.8 Å². The first-order valence-electron chi connectivity index (χ1n) is 8.51. The molecule has 0 aliphatic carbocycles. The minimum Gasteiger partial charge on any atom is -0.280 e. The van der Waals surface area contributed by atoms with Crippen LogP contribution >= 0.6 is 0 Å². The summed E-state index contributed by atoms with van der Waals surface area (Å²) in [5.74, 6) is -0.848. The van der Waals surface area contributed by atoms with Crippen LogP contribution in [0.2, 0.25) is 0 Å². The summed E-state index contributed by atoms with van der Waals surface area (Å²) >= 11 is 0. The Labute approximate surface area is 162 Å². The summed E-state index contributed by atoms with van der Waals surface area (Å²) in [7, 11) is -2.44. The average Bonchev–Trinajstić information content (AvgIpc) is 2.92. The highest BCUT2D eigenvalue weighted by Gasteiger charge is 2.33. The number of sulfonamides is 1. The highest BCUT2D eigenvalue weighted by Crippen LogP contribution is 2.27. The monoisotopic (exact) mass is 392 g/mol. The van der Waals surface area contributed by atoms with Crippen LogP contribution in [0.25, 0.3) is 11.1 Å². The van der Waals surface area contributed by atoms with Crippen LogP contribution < -0.4 is 4.72 Å². The van der Waals surface area contributed by atoms with Crippen molar-refractivity contribution in [3.63, 3.8) is 0 Å². The molecule has 0 saturated carbocycles. The van der Waals surface area contributed by atoms with E-state index >= 15 is 0 Å². The van der Waals surface area contributed by atoms with Crippen molar-refractivity contribution < 1.29 is 18.0 Å². The molecule has 28 heavy (non-hydrogen) atoms. The molecule has 140 valence electrons. The molecule has 1 aliphatic heterocycles. The first-order chi connectivity index (χ1) is 13.4. The number of anilines is 1. The number of carbonyl (C=O) groups excluding carboxylic acids is 2. The van der Waals surface area contributed by atoms with Crippen LogP contribution in [0.4, 0.5) is 5.69 Å². The van der Waals surface area contributed by atoms with E-state index in [-0.39, 0.29) is 21.7 Å². The van der Waals surface area contributed by atoms with Crippen molar-refractivity contribution in [3.05, 3.63) is 83.9 Å². The molecule has 0 saturated heterocycles. The topological polar surface area (TPSA) is 83.6 Å². The first-order valence-corrected chi connectivity index (χ1v) is 10.00. The van der Waals surface area contributed by atoms with Gasteiger partial charge in [0, 0.05) is 12.7 Å². The summed E-state index contributed by atoms with van der Waals surface area (Å²) < 4.78 is 27.8. The highest BCUT2D eigenvalue weighted by atomic mass is 32.2. The lowest BCUT2D eigenvalue weighted by atomic mass is 10.1. The molecule has 4 rings (SSSR count). The molecule has 1 aliphatic rings. The van der Waals surface area contributed by atoms with E-state index in [0.29, 0.717) is 0 Å². The maximum Gasteiger partial charge on any atom is 0.261 e. The zero-order valence-corrected chi connectivity index (χ0v) is 15.7. The smallest absolute Gasteiger partial charge is 0.261 e. The molecule has 0 atom stereocenters. The van der Waals surface area contributed by atoms with Crippen molar-refractivity contribution in [1.29, 1.82) is 0 Å². The summed E-state index contributed by atoms with van der Waals surface area (Å²) in [4.78, 5) is 25.1. The Morgan fingerprint density at radius 1 is 0.750 bits per heavy atom. The zero-order chi connectivity index (χ0) is 19.9. The zero-order valence-electron chi connectivity index (χ0n) is 14.9. The molecule has 0 fully saturated rings. The van der Waals surface area contributed by atoms with E-state index in [1.807, 2.05) is 30.3 Å². The SMILES string of the molecule is CN1C(=O)c2ccc(NS(=O)(=O)c3ccc(-c4ccccc4)cc3)cc2C1=O. The Morgan fingerprint density at radius 3 is 2.04 bits per heavy atom. The van der Waals surface area contributed by atoms with Gasteiger partial charge in [0.15, 0.2) is 0 Å². The predicted octanol–water partition coefficient (Wildman–Crippen LogP) is 3.38. The van der Waals surface area contributed by atoms with Gasteiger partial charge in [0.1, 0.15) is 0 Å². The number of carbonyl (C=O) groups is 2. The van der Waals surface area contributed by atoms with Crippen LogP contribution in [-0.4, -0.2) is 32.2 Å². The van der Waals surface area contributed by atoms with E-state index in [1.165, 1.54) is 37.4 Å². The standard InChI is InChI=1S/C21H16N2O4S/c1-23-20(24)18-12-9-16(13-19(18)21(23)25)22-28(26,27)17-10-7-15(8-11-17)14-5-3-2-4-6-14/h2-13,22H,1H3. The number of fused-ring (bicyclic) bond motifs is 1. The molecule has 3 aromatic carbocycles. The number of imide groups is 1. The van der Waals surface area contributed by atoms with Crippen LogP contribution in [0.3, 0.4) is 0 Å². The molecule has 0 bridgehead atoms. The third-order valence-corrected chi connectivity index (χ3v) is 6.01. The number of hydrogen-bond donors (Lipinski definition) is 1. The molecule has 0 spiro atoms. The van der Waals surface area contributed by atoms with E-state index in [1.54, 1.807) is 12.1 Å². The summed E-state index contributed by atoms with van der Waals surface area (Å²) in [5, 5.41) is 0. The van der Waals surface area contributed by atoms with E-state index in [2.05, 4.69) is 4.72 Å². The Morgan fingerprint density at radius 2 is 1.36 bits per heavy atom. The highest BCUT2D eigenvalue weighted by molar-refractivity contribution is 7.92. The van der Waals surface area contributed by atoms with Crippen LogP contribution in [0.1, 0.15) is 20.7 Å². The lowest BCUT2D eigenvalue weighted by Crippen LogP contribution is -2.24. The largest absolute Gasteiger partial charge is 0.280 e. The van der Waals surface area contributed by atoms with Gasteiger partial charge in [-0.2, -0.15) is 0 Å². The number of nitrogens with zero attached hydrogens (tertiary/aromatic N) is 1. The van der Waals surface area contributed by atoms with Gasteiger partial charge in [0.25, 0.3) is 21.8 Å². The van der Waals surface area contributed by atoms with Gasteiger partial charge >= 0.3 is 0 Å². The van der Waals surface area contributed by atoms with Crippen molar-refractivity contribution >= 4 is 27.5 Å². The lowest BCUT2D eigenvalue weighted by molar-refractivity contribution is 0.0693. The molecule has 0 unspecified atom stereocenters. The summed E-state index contributed by atoms with van der Waals surface area (Å²) in [6, 6.07) is 20.5. The van der Waals surface area contributed by atoms with Crippen molar-refractivity contribution in [2.24, 2.45) is 0 Å². The second-order valence-electron chi connectivity index (χ2n) is 6.43. The van der Waals surface area contributed by atoms with Gasteiger partial charge in [-0.25, -0.2) is 8.42 Å². The lowest BCUT2D eigenvalue weighted by Gasteiger charge is -2.10. The maximum absolute atomic E-state index is 12.7. The van der Waals surface area contributed by atoms with Gasteiger partial charge in [0.05, 0.1) is 16.0 Å². The molecule has 0 radical (unpaired) electrons. The van der Waals surface area contributed by atoms with Gasteiger partial charge in [-0.05, 0) is 41.5 Å². The minimum absolute atomic E-state index is 0.104. The minimum atomic E-state index is -3.83. The molecule has 1 heterocycles. The normalized spacial score (nSPS) is 13.5. The molecule has 0 aromatic heterocycles. The second-order valence-corrected chi connectivity index (χ2v) is 8.11. The number of hydrogen-bond acceptors (Lipinski definition) is 4. The fourth-order valence-electron chi connectivity index (χ4n) is 3.10. The Bertz CT molecular complexity index is 1190. The van der Waals surface area contributed by atoms with E-state index in [0.717, 1.165) is 16.0 Å². The predicted molar refractivity (Wildman–Crippen MR) is 106 cm³/mol. The fraction of sp³-hybridized carbons (Fsp3) is 0.0476. The van der Waals surface area contributed by atoms with Crippen LogP contribution in [0, 0.1) is 0 Å². The van der Waals surface area contributed by atoms with E-state index in [9.17, 15) is 18.0 Å². The van der Waals surface area contributed by atoms with E-state index in [4.69, 9.17) is 0 Å². The van der Waals surface area contributed by atoms with Gasteiger partial charge in [-0.3, -0.25) is 19.2 Å². The van der Waals surface area contributed by atoms with Crippen molar-refractivity contribution in [3.8, 4) is 11.1 Å². The number of benzene rings is 3. The first kappa shape index (κ1) is 17.9.